The van der Waals surface area contributed by atoms with Crippen LogP contribution in [0.15, 0.2) is 54.6 Å². The molecule has 0 aliphatic carbocycles. The molecular weight excluding hydrogens is 294 g/mol. The Hall–Kier alpha value is -2.82. The number of para-hydroxylation sites is 2. The fraction of sp³-hybridized carbons (Fsp3) is 0.222. The summed E-state index contributed by atoms with van der Waals surface area (Å²) in [6.07, 6.45) is -0.474. The summed E-state index contributed by atoms with van der Waals surface area (Å²) >= 11 is 0. The number of hydrogen-bond donors (Lipinski definition) is 0. The van der Waals surface area contributed by atoms with Crippen LogP contribution in [0, 0.1) is 0 Å². The molecular formula is C18H19NO4. The van der Waals surface area contributed by atoms with Crippen molar-refractivity contribution < 1.29 is 19.1 Å². The summed E-state index contributed by atoms with van der Waals surface area (Å²) < 4.78 is 10.5. The summed E-state index contributed by atoms with van der Waals surface area (Å²) in [5, 5.41) is 0. The molecule has 0 aromatic heterocycles. The molecule has 0 bridgehead atoms. The van der Waals surface area contributed by atoms with Crippen LogP contribution in [0.4, 0.5) is 10.5 Å². The van der Waals surface area contributed by atoms with Gasteiger partial charge in [-0.15, -0.1) is 0 Å². The number of carbonyl (C=O) groups excluding carboxylic acids is 2. The van der Waals surface area contributed by atoms with E-state index in [-0.39, 0.29) is 6.61 Å². The molecule has 0 aliphatic rings. The Morgan fingerprint density at radius 3 is 2.26 bits per heavy atom. The van der Waals surface area contributed by atoms with Crippen molar-refractivity contribution in [3.63, 3.8) is 0 Å². The van der Waals surface area contributed by atoms with Gasteiger partial charge in [-0.1, -0.05) is 30.3 Å². The van der Waals surface area contributed by atoms with Crippen molar-refractivity contribution in [2.24, 2.45) is 0 Å². The molecule has 0 heterocycles. The molecule has 1 amide bonds. The summed E-state index contributed by atoms with van der Waals surface area (Å²) in [4.78, 5) is 25.7. The predicted molar refractivity (Wildman–Crippen MR) is 87.9 cm³/mol. The van der Waals surface area contributed by atoms with Crippen LogP contribution in [0.25, 0.3) is 0 Å². The number of nitrogens with zero attached hydrogens (tertiary/aromatic N) is 1. The van der Waals surface area contributed by atoms with Gasteiger partial charge in [0.05, 0.1) is 17.9 Å². The van der Waals surface area contributed by atoms with Gasteiger partial charge in [0.25, 0.3) is 0 Å². The summed E-state index contributed by atoms with van der Waals surface area (Å²) in [6.45, 7) is 4.25. The van der Waals surface area contributed by atoms with E-state index in [4.69, 9.17) is 9.47 Å². The van der Waals surface area contributed by atoms with Gasteiger partial charge < -0.3 is 9.47 Å². The minimum absolute atomic E-state index is 0.279. The largest absolute Gasteiger partial charge is 0.449 e. The number of ether oxygens (including phenoxy) is 2. The lowest BCUT2D eigenvalue weighted by Gasteiger charge is -2.22. The fourth-order valence-corrected chi connectivity index (χ4v) is 2.10. The number of hydrogen-bond acceptors (Lipinski definition) is 4. The van der Waals surface area contributed by atoms with Crippen LogP contribution in [-0.2, 0) is 4.74 Å². The molecule has 23 heavy (non-hydrogen) atoms. The lowest BCUT2D eigenvalue weighted by Crippen LogP contribution is -2.31. The third-order valence-electron chi connectivity index (χ3n) is 3.17. The Labute approximate surface area is 135 Å². The van der Waals surface area contributed by atoms with Crippen LogP contribution in [0.5, 0.6) is 5.75 Å². The minimum Gasteiger partial charge on any atom is -0.449 e. The maximum atomic E-state index is 12.2. The number of anilines is 1. The first kappa shape index (κ1) is 16.5. The van der Waals surface area contributed by atoms with Crippen LogP contribution in [0.3, 0.4) is 0 Å². The molecule has 2 aromatic carbocycles. The normalized spacial score (nSPS) is 10.0. The van der Waals surface area contributed by atoms with Gasteiger partial charge in [0.1, 0.15) is 0 Å². The van der Waals surface area contributed by atoms with E-state index in [9.17, 15) is 9.59 Å². The number of carbonyl (C=O) groups is 2. The Morgan fingerprint density at radius 1 is 0.957 bits per heavy atom. The average molecular weight is 313 g/mol. The zero-order valence-electron chi connectivity index (χ0n) is 13.2. The van der Waals surface area contributed by atoms with Crippen molar-refractivity contribution in [1.82, 2.24) is 0 Å². The third-order valence-corrected chi connectivity index (χ3v) is 3.17. The van der Waals surface area contributed by atoms with Gasteiger partial charge in [0, 0.05) is 6.54 Å². The highest BCUT2D eigenvalue weighted by atomic mass is 16.6. The van der Waals surface area contributed by atoms with Gasteiger partial charge in [0.15, 0.2) is 5.75 Å². The summed E-state index contributed by atoms with van der Waals surface area (Å²) in [7, 11) is 0. The molecule has 0 atom stereocenters. The zero-order valence-corrected chi connectivity index (χ0v) is 13.2. The summed E-state index contributed by atoms with van der Waals surface area (Å²) in [5.74, 6) is -0.158. The van der Waals surface area contributed by atoms with Gasteiger partial charge in [-0.2, -0.15) is 0 Å². The van der Waals surface area contributed by atoms with E-state index in [1.165, 1.54) is 4.90 Å². The van der Waals surface area contributed by atoms with E-state index in [2.05, 4.69) is 0 Å². The molecule has 0 N–H and O–H groups in total. The Bertz CT molecular complexity index is 670. The minimum atomic E-state index is -0.474. The van der Waals surface area contributed by atoms with Gasteiger partial charge in [-0.3, -0.25) is 4.90 Å². The fourth-order valence-electron chi connectivity index (χ4n) is 2.10. The second-order valence-electron chi connectivity index (χ2n) is 4.67. The molecule has 120 valence electrons. The first-order valence-electron chi connectivity index (χ1n) is 7.47. The van der Waals surface area contributed by atoms with Gasteiger partial charge in [-0.05, 0) is 38.1 Å². The van der Waals surface area contributed by atoms with E-state index in [0.29, 0.717) is 23.5 Å². The quantitative estimate of drug-likeness (QED) is 0.621. The molecule has 0 saturated carbocycles. The highest BCUT2D eigenvalue weighted by Crippen LogP contribution is 2.29. The SMILES string of the molecule is CCOC(=O)N(CC)c1ccccc1OC(=O)c1ccccc1. The monoisotopic (exact) mass is 313 g/mol. The van der Waals surface area contributed by atoms with E-state index in [1.54, 1.807) is 55.5 Å². The summed E-state index contributed by atoms with van der Waals surface area (Å²) in [6, 6.07) is 15.6. The molecule has 5 heteroatoms. The first-order chi connectivity index (χ1) is 11.2. The Kier molecular flexibility index (Phi) is 5.74. The van der Waals surface area contributed by atoms with E-state index < -0.39 is 12.1 Å². The number of amides is 1. The highest BCUT2D eigenvalue weighted by molar-refractivity contribution is 5.94. The predicted octanol–water partition coefficient (Wildman–Crippen LogP) is 3.89. The third kappa shape index (κ3) is 4.10. The van der Waals surface area contributed by atoms with Crippen LogP contribution in [0.2, 0.25) is 0 Å². The van der Waals surface area contributed by atoms with Crippen LogP contribution in [-0.4, -0.2) is 25.2 Å². The molecule has 0 fully saturated rings. The maximum absolute atomic E-state index is 12.2. The topological polar surface area (TPSA) is 55.8 Å². The number of benzene rings is 2. The number of rotatable bonds is 5. The van der Waals surface area contributed by atoms with Crippen LogP contribution < -0.4 is 9.64 Å². The van der Waals surface area contributed by atoms with Crippen molar-refractivity contribution in [1.29, 1.82) is 0 Å². The molecule has 0 unspecified atom stereocenters. The Balaban J connectivity index is 2.26. The molecule has 5 nitrogen and oxygen atoms in total. The smallest absolute Gasteiger partial charge is 0.414 e. The lowest BCUT2D eigenvalue weighted by atomic mass is 10.2. The second kappa shape index (κ2) is 7.98. The van der Waals surface area contributed by atoms with Crippen molar-refractivity contribution in [2.75, 3.05) is 18.1 Å². The zero-order chi connectivity index (χ0) is 16.7. The van der Waals surface area contributed by atoms with Crippen LogP contribution in [0.1, 0.15) is 24.2 Å². The molecule has 0 spiro atoms. The van der Waals surface area contributed by atoms with Crippen LogP contribution >= 0.6 is 0 Å². The van der Waals surface area contributed by atoms with Gasteiger partial charge in [0.2, 0.25) is 0 Å². The average Bonchev–Trinajstić information content (AvgIpc) is 2.58. The molecule has 2 rings (SSSR count). The first-order valence-corrected chi connectivity index (χ1v) is 7.47. The van der Waals surface area contributed by atoms with Crippen molar-refractivity contribution in [3.8, 4) is 5.75 Å². The van der Waals surface area contributed by atoms with Gasteiger partial charge in [-0.25, -0.2) is 9.59 Å². The summed E-state index contributed by atoms with van der Waals surface area (Å²) in [5.41, 5.74) is 0.944. The van der Waals surface area contributed by atoms with E-state index in [0.717, 1.165) is 0 Å². The molecule has 2 aromatic rings. The van der Waals surface area contributed by atoms with Gasteiger partial charge >= 0.3 is 12.1 Å². The lowest BCUT2D eigenvalue weighted by molar-refractivity contribution is 0.0734. The molecule has 0 radical (unpaired) electrons. The van der Waals surface area contributed by atoms with Crippen molar-refractivity contribution in [3.05, 3.63) is 60.2 Å². The highest BCUT2D eigenvalue weighted by Gasteiger charge is 2.20. The van der Waals surface area contributed by atoms with E-state index in [1.807, 2.05) is 13.0 Å². The standard InChI is InChI=1S/C18H19NO4/c1-3-19(18(21)22-4-2)15-12-8-9-13-16(15)23-17(20)14-10-6-5-7-11-14/h5-13H,3-4H2,1-2H3. The second-order valence-corrected chi connectivity index (χ2v) is 4.67. The van der Waals surface area contributed by atoms with E-state index >= 15 is 0 Å². The molecule has 0 saturated heterocycles. The Morgan fingerprint density at radius 2 is 1.61 bits per heavy atom. The van der Waals surface area contributed by atoms with Crippen molar-refractivity contribution in [2.45, 2.75) is 13.8 Å². The van der Waals surface area contributed by atoms with Crippen molar-refractivity contribution >= 4 is 17.7 Å². The maximum Gasteiger partial charge on any atom is 0.414 e. The number of esters is 1. The molecule has 0 aliphatic heterocycles.